The van der Waals surface area contributed by atoms with Crippen molar-refractivity contribution in [1.29, 1.82) is 0 Å². The van der Waals surface area contributed by atoms with E-state index in [1.54, 1.807) is 11.8 Å². The van der Waals surface area contributed by atoms with Gasteiger partial charge in [-0.05, 0) is 25.2 Å². The predicted molar refractivity (Wildman–Crippen MR) is 85.7 cm³/mol. The van der Waals surface area contributed by atoms with Gasteiger partial charge in [0, 0.05) is 19.0 Å². The molecule has 0 saturated heterocycles. The van der Waals surface area contributed by atoms with Crippen LogP contribution in [-0.4, -0.2) is 46.9 Å². The van der Waals surface area contributed by atoms with Crippen LogP contribution in [0.25, 0.3) is 0 Å². The Kier molecular flexibility index (Phi) is 6.42. The minimum Gasteiger partial charge on any atom is -0.481 e. The smallest absolute Gasteiger partial charge is 0.308 e. The van der Waals surface area contributed by atoms with Crippen molar-refractivity contribution >= 4 is 17.8 Å². The van der Waals surface area contributed by atoms with E-state index < -0.39 is 11.9 Å². The number of carboxylic acids is 1. The first-order valence-electron chi connectivity index (χ1n) is 8.76. The summed E-state index contributed by atoms with van der Waals surface area (Å²) in [5.74, 6) is -1.07. The zero-order valence-electron chi connectivity index (χ0n) is 13.9. The van der Waals surface area contributed by atoms with Gasteiger partial charge in [-0.2, -0.15) is 0 Å². The predicted octanol–water partition coefficient (Wildman–Crippen LogP) is 1.78. The van der Waals surface area contributed by atoms with Crippen molar-refractivity contribution in [2.24, 2.45) is 11.8 Å². The summed E-state index contributed by atoms with van der Waals surface area (Å²) in [6, 6.07) is 0.152. The van der Waals surface area contributed by atoms with Gasteiger partial charge >= 0.3 is 5.97 Å². The minimum absolute atomic E-state index is 0.0215. The number of nitrogens with one attached hydrogen (secondary N) is 1. The first kappa shape index (κ1) is 17.8. The van der Waals surface area contributed by atoms with E-state index in [-0.39, 0.29) is 30.9 Å². The molecule has 0 heterocycles. The molecular formula is C17H28N2O4. The van der Waals surface area contributed by atoms with Crippen LogP contribution in [0.1, 0.15) is 58.3 Å². The first-order valence-corrected chi connectivity index (χ1v) is 8.76. The molecule has 0 aromatic rings. The number of amides is 2. The molecule has 0 spiro atoms. The third-order valence-corrected chi connectivity index (χ3v) is 4.89. The Morgan fingerprint density at radius 2 is 1.83 bits per heavy atom. The van der Waals surface area contributed by atoms with Gasteiger partial charge in [0.25, 0.3) is 0 Å². The van der Waals surface area contributed by atoms with E-state index in [0.29, 0.717) is 12.3 Å². The molecule has 2 aliphatic rings. The molecule has 2 saturated carbocycles. The summed E-state index contributed by atoms with van der Waals surface area (Å²) < 4.78 is 0. The lowest BCUT2D eigenvalue weighted by Gasteiger charge is -2.24. The Morgan fingerprint density at radius 1 is 1.17 bits per heavy atom. The second-order valence-electron chi connectivity index (χ2n) is 6.98. The molecule has 1 unspecified atom stereocenters. The van der Waals surface area contributed by atoms with E-state index in [2.05, 4.69) is 5.32 Å². The fourth-order valence-corrected chi connectivity index (χ4v) is 3.21. The Bertz CT molecular complexity index is 442. The van der Waals surface area contributed by atoms with Crippen LogP contribution in [0.15, 0.2) is 0 Å². The van der Waals surface area contributed by atoms with E-state index in [4.69, 9.17) is 5.11 Å². The summed E-state index contributed by atoms with van der Waals surface area (Å²) in [5, 5.41) is 11.7. The molecule has 6 nitrogen and oxygen atoms in total. The number of aliphatic carboxylic acids is 1. The average molecular weight is 324 g/mol. The maximum atomic E-state index is 12.3. The molecule has 2 amide bonds. The van der Waals surface area contributed by atoms with Crippen LogP contribution in [-0.2, 0) is 14.4 Å². The topological polar surface area (TPSA) is 86.7 Å². The van der Waals surface area contributed by atoms with Crippen molar-refractivity contribution in [3.63, 3.8) is 0 Å². The van der Waals surface area contributed by atoms with E-state index in [1.165, 1.54) is 25.7 Å². The third kappa shape index (κ3) is 5.84. The largest absolute Gasteiger partial charge is 0.481 e. The van der Waals surface area contributed by atoms with Crippen LogP contribution in [0.2, 0.25) is 0 Å². The molecule has 2 rings (SSSR count). The second-order valence-corrected chi connectivity index (χ2v) is 6.98. The van der Waals surface area contributed by atoms with Crippen LogP contribution in [0, 0.1) is 11.8 Å². The fraction of sp³-hybridized carbons (Fsp3) is 0.824. The highest BCUT2D eigenvalue weighted by molar-refractivity contribution is 5.85. The lowest BCUT2D eigenvalue weighted by molar-refractivity contribution is -0.143. The van der Waals surface area contributed by atoms with Crippen molar-refractivity contribution in [3.05, 3.63) is 0 Å². The Hall–Kier alpha value is -1.59. The van der Waals surface area contributed by atoms with Crippen molar-refractivity contribution in [2.75, 3.05) is 13.1 Å². The molecular weight excluding hydrogens is 296 g/mol. The molecule has 1 atom stereocenters. The molecule has 2 aliphatic carbocycles. The van der Waals surface area contributed by atoms with Crippen molar-refractivity contribution in [2.45, 2.75) is 64.3 Å². The highest BCUT2D eigenvalue weighted by Crippen LogP contribution is 2.29. The number of carbonyl (C=O) groups excluding carboxylic acids is 2. The van der Waals surface area contributed by atoms with Crippen LogP contribution in [0.3, 0.4) is 0 Å². The molecule has 0 aromatic carbocycles. The monoisotopic (exact) mass is 324 g/mol. The lowest BCUT2D eigenvalue weighted by atomic mass is 10.0. The standard InChI is InChI=1S/C17H28N2O4/c1-12(17(22)23)11-19(14-7-8-14)16(21)10-18-15(20)9-6-13-4-2-3-5-13/h12-14H,2-11H2,1H3,(H,18,20)(H,22,23). The quantitative estimate of drug-likeness (QED) is 0.677. The maximum absolute atomic E-state index is 12.3. The highest BCUT2D eigenvalue weighted by atomic mass is 16.4. The second kappa shape index (κ2) is 8.31. The number of hydrogen-bond donors (Lipinski definition) is 2. The van der Waals surface area contributed by atoms with Crippen LogP contribution < -0.4 is 5.32 Å². The molecule has 2 fully saturated rings. The minimum atomic E-state index is -0.899. The van der Waals surface area contributed by atoms with Gasteiger partial charge in [-0.1, -0.05) is 32.6 Å². The van der Waals surface area contributed by atoms with Crippen LogP contribution in [0.4, 0.5) is 0 Å². The van der Waals surface area contributed by atoms with Gasteiger partial charge in [0.15, 0.2) is 0 Å². The van der Waals surface area contributed by atoms with Gasteiger partial charge in [-0.15, -0.1) is 0 Å². The van der Waals surface area contributed by atoms with Gasteiger partial charge in [-0.3, -0.25) is 14.4 Å². The normalized spacial score (nSPS) is 19.3. The summed E-state index contributed by atoms with van der Waals surface area (Å²) in [4.78, 5) is 36.7. The summed E-state index contributed by atoms with van der Waals surface area (Å²) >= 11 is 0. The number of hydrogen-bond acceptors (Lipinski definition) is 3. The molecule has 6 heteroatoms. The molecule has 0 aromatic heterocycles. The average Bonchev–Trinajstić information content (AvgIpc) is 3.22. The maximum Gasteiger partial charge on any atom is 0.308 e. The Balaban J connectivity index is 1.70. The van der Waals surface area contributed by atoms with E-state index in [0.717, 1.165) is 19.3 Å². The molecule has 0 radical (unpaired) electrons. The van der Waals surface area contributed by atoms with E-state index in [9.17, 15) is 14.4 Å². The zero-order chi connectivity index (χ0) is 16.8. The molecule has 0 bridgehead atoms. The Morgan fingerprint density at radius 3 is 2.39 bits per heavy atom. The van der Waals surface area contributed by atoms with Crippen molar-refractivity contribution in [3.8, 4) is 0 Å². The van der Waals surface area contributed by atoms with Crippen LogP contribution >= 0.6 is 0 Å². The lowest BCUT2D eigenvalue weighted by Crippen LogP contribution is -2.44. The summed E-state index contributed by atoms with van der Waals surface area (Å²) in [5.41, 5.74) is 0. The summed E-state index contributed by atoms with van der Waals surface area (Å²) in [6.07, 6.45) is 8.20. The highest BCUT2D eigenvalue weighted by Gasteiger charge is 2.34. The molecule has 130 valence electrons. The Labute approximate surface area is 137 Å². The van der Waals surface area contributed by atoms with E-state index in [1.807, 2.05) is 0 Å². The van der Waals surface area contributed by atoms with Gasteiger partial charge in [0.1, 0.15) is 0 Å². The summed E-state index contributed by atoms with van der Waals surface area (Å²) in [7, 11) is 0. The van der Waals surface area contributed by atoms with Crippen molar-refractivity contribution in [1.82, 2.24) is 10.2 Å². The number of rotatable bonds is 9. The van der Waals surface area contributed by atoms with Gasteiger partial charge in [0.05, 0.1) is 12.5 Å². The van der Waals surface area contributed by atoms with E-state index >= 15 is 0 Å². The molecule has 0 aliphatic heterocycles. The van der Waals surface area contributed by atoms with Crippen molar-refractivity contribution < 1.29 is 19.5 Å². The van der Waals surface area contributed by atoms with Gasteiger partial charge in [-0.25, -0.2) is 0 Å². The SMILES string of the molecule is CC(CN(C(=O)CNC(=O)CCC1CCCC1)C1CC1)C(=O)O. The van der Waals surface area contributed by atoms with Gasteiger partial charge in [0.2, 0.25) is 11.8 Å². The summed E-state index contributed by atoms with van der Waals surface area (Å²) in [6.45, 7) is 1.80. The molecule has 23 heavy (non-hydrogen) atoms. The number of nitrogens with zero attached hydrogens (tertiary/aromatic N) is 1. The third-order valence-electron chi connectivity index (χ3n) is 4.89. The zero-order valence-corrected chi connectivity index (χ0v) is 13.9. The first-order chi connectivity index (χ1) is 11.0. The fourth-order valence-electron chi connectivity index (χ4n) is 3.21. The number of carboxylic acid groups (broad SMARTS) is 1. The number of carbonyl (C=O) groups is 3. The van der Waals surface area contributed by atoms with Gasteiger partial charge < -0.3 is 15.3 Å². The molecule has 2 N–H and O–H groups in total. The van der Waals surface area contributed by atoms with Crippen LogP contribution in [0.5, 0.6) is 0 Å².